The predicted molar refractivity (Wildman–Crippen MR) is 130 cm³/mol. The predicted octanol–water partition coefficient (Wildman–Crippen LogP) is 0.296. The van der Waals surface area contributed by atoms with Crippen molar-refractivity contribution in [2.75, 3.05) is 0 Å². The van der Waals surface area contributed by atoms with Gasteiger partial charge in [0.1, 0.15) is 11.8 Å². The monoisotopic (exact) mass is 593 g/mol. The molecule has 218 valence electrons. The van der Waals surface area contributed by atoms with Crippen LogP contribution in [0.25, 0.3) is 0 Å². The Morgan fingerprint density at radius 2 is 1.57 bits per heavy atom. The maximum absolute atomic E-state index is 12.3. The van der Waals surface area contributed by atoms with Crippen molar-refractivity contribution in [2.45, 2.75) is 25.2 Å². The largest absolute Gasteiger partial charge is 0.490 e. The van der Waals surface area contributed by atoms with Crippen molar-refractivity contribution in [2.24, 2.45) is 16.5 Å². The highest BCUT2D eigenvalue weighted by atomic mass is 32.2. The van der Waals surface area contributed by atoms with Gasteiger partial charge in [0, 0.05) is 6.54 Å². The van der Waals surface area contributed by atoms with Crippen LogP contribution in [0.5, 0.6) is 5.75 Å². The zero-order valence-corrected chi connectivity index (χ0v) is 20.8. The summed E-state index contributed by atoms with van der Waals surface area (Å²) in [4.78, 5) is 46.8. The van der Waals surface area contributed by atoms with Crippen LogP contribution in [-0.2, 0) is 31.1 Å². The Kier molecular flexibility index (Phi) is 12.0. The minimum absolute atomic E-state index is 0.131. The van der Waals surface area contributed by atoms with Crippen molar-refractivity contribution in [1.82, 2.24) is 9.44 Å². The molecule has 2 rings (SSSR count). The topological polar surface area (TPSA) is 261 Å². The first-order valence-corrected chi connectivity index (χ1v) is 11.9. The Morgan fingerprint density at radius 3 is 2.05 bits per heavy atom. The molecule has 0 aliphatic carbocycles. The van der Waals surface area contributed by atoms with Crippen LogP contribution in [0.3, 0.4) is 0 Å². The van der Waals surface area contributed by atoms with Crippen LogP contribution in [0, 0.1) is 0 Å². The van der Waals surface area contributed by atoms with Crippen LogP contribution in [0.1, 0.15) is 22.3 Å². The lowest BCUT2D eigenvalue weighted by atomic mass is 10.2. The first-order chi connectivity index (χ1) is 18.4. The first kappa shape index (κ1) is 33.3. The Labute approximate surface area is 223 Å². The second-order valence-electron chi connectivity index (χ2n) is 7.35. The molecule has 0 fully saturated rings. The summed E-state index contributed by atoms with van der Waals surface area (Å²) in [6, 6.07) is 10.1. The number of aliphatic imine (C=N–C) groups is 1. The fourth-order valence-electron chi connectivity index (χ4n) is 2.47. The zero-order chi connectivity index (χ0) is 30.7. The summed E-state index contributed by atoms with van der Waals surface area (Å²) in [5.74, 6) is -6.55. The molecule has 0 spiro atoms. The second-order valence-corrected chi connectivity index (χ2v) is 8.89. The van der Waals surface area contributed by atoms with Crippen molar-refractivity contribution in [3.05, 3.63) is 59.7 Å². The third kappa shape index (κ3) is 12.7. The van der Waals surface area contributed by atoms with E-state index < -0.39 is 52.7 Å². The maximum Gasteiger partial charge on any atom is 0.490 e. The molecule has 0 radical (unpaired) electrons. The van der Waals surface area contributed by atoms with E-state index in [2.05, 4.69) is 9.71 Å². The molecule has 0 bridgehead atoms. The molecule has 2 aromatic rings. The highest BCUT2D eigenvalue weighted by Crippen LogP contribution is 2.18. The smallest absolute Gasteiger partial charge is 0.481 e. The fraction of sp³-hybridized carbons (Fsp3) is 0.190. The minimum atomic E-state index is -5.08. The van der Waals surface area contributed by atoms with Gasteiger partial charge in [-0.1, -0.05) is 12.1 Å². The Hall–Kier alpha value is -4.75. The average Bonchev–Trinajstić information content (AvgIpc) is 2.82. The van der Waals surface area contributed by atoms with Gasteiger partial charge in [0.15, 0.2) is 5.96 Å². The van der Waals surface area contributed by atoms with Gasteiger partial charge in [-0.05, 0) is 42.0 Å². The Bertz CT molecular complexity index is 1360. The molecule has 40 heavy (non-hydrogen) atoms. The van der Waals surface area contributed by atoms with Gasteiger partial charge in [0.2, 0.25) is 0 Å². The van der Waals surface area contributed by atoms with E-state index in [0.29, 0.717) is 11.3 Å². The molecule has 0 heterocycles. The number of nitrogens with one attached hydrogen (secondary N) is 2. The van der Waals surface area contributed by atoms with Crippen molar-refractivity contribution >= 4 is 45.7 Å². The van der Waals surface area contributed by atoms with E-state index in [4.69, 9.17) is 36.3 Å². The number of benzene rings is 2. The molecule has 2 aromatic carbocycles. The highest BCUT2D eigenvalue weighted by molar-refractivity contribution is 7.87. The van der Waals surface area contributed by atoms with Gasteiger partial charge in [-0.25, -0.2) is 14.6 Å². The molecule has 15 nitrogen and oxygen atoms in total. The molecule has 0 aromatic heterocycles. The third-order valence-corrected chi connectivity index (χ3v) is 5.27. The first-order valence-electron chi connectivity index (χ1n) is 10.4. The van der Waals surface area contributed by atoms with Crippen LogP contribution in [0.2, 0.25) is 0 Å². The zero-order valence-electron chi connectivity index (χ0n) is 20.0. The number of carboxylic acids is 3. The van der Waals surface area contributed by atoms with Crippen molar-refractivity contribution in [1.29, 1.82) is 0 Å². The molecule has 0 unspecified atom stereocenters. The summed E-state index contributed by atoms with van der Waals surface area (Å²) >= 11 is 0. The van der Waals surface area contributed by atoms with E-state index in [9.17, 15) is 36.0 Å². The molecule has 19 heteroatoms. The number of guanidine groups is 1. The molecule has 0 amide bonds. The lowest BCUT2D eigenvalue weighted by Crippen LogP contribution is -2.47. The molecule has 1 atom stereocenters. The van der Waals surface area contributed by atoms with Gasteiger partial charge in [-0.2, -0.15) is 31.0 Å². The molecular weight excluding hydrogens is 571 g/mol. The molecule has 0 aliphatic heterocycles. The van der Waals surface area contributed by atoms with E-state index >= 15 is 0 Å². The molecule has 0 saturated heterocycles. The van der Waals surface area contributed by atoms with Gasteiger partial charge in [0.25, 0.3) is 10.2 Å². The Balaban J connectivity index is 0.00000101. The summed E-state index contributed by atoms with van der Waals surface area (Å²) in [6.45, 7) is -0.284. The third-order valence-electron chi connectivity index (χ3n) is 4.15. The number of hydrogen-bond donors (Lipinski definition) is 7. The van der Waals surface area contributed by atoms with E-state index in [0.717, 1.165) is 0 Å². The van der Waals surface area contributed by atoms with Crippen molar-refractivity contribution < 1.29 is 60.8 Å². The number of ether oxygens (including phenoxy) is 1. The quantitative estimate of drug-likeness (QED) is 0.0803. The molecule has 0 aliphatic rings. The van der Waals surface area contributed by atoms with Crippen LogP contribution in [-0.4, -0.2) is 65.8 Å². The number of aliphatic carboxylic acids is 3. The lowest BCUT2D eigenvalue weighted by molar-refractivity contribution is -0.192. The average molecular weight is 593 g/mol. The van der Waals surface area contributed by atoms with Crippen LogP contribution in [0.15, 0.2) is 53.5 Å². The summed E-state index contributed by atoms with van der Waals surface area (Å²) in [7, 11) is -4.34. The summed E-state index contributed by atoms with van der Waals surface area (Å²) in [5.41, 5.74) is 11.6. The van der Waals surface area contributed by atoms with Gasteiger partial charge < -0.3 is 31.5 Å². The Morgan fingerprint density at radius 1 is 1.00 bits per heavy atom. The van der Waals surface area contributed by atoms with Gasteiger partial charge in [0.05, 0.1) is 17.7 Å². The molecule has 0 saturated carbocycles. The van der Waals surface area contributed by atoms with E-state index in [1.165, 1.54) is 48.5 Å². The van der Waals surface area contributed by atoms with Gasteiger partial charge in [-0.15, -0.1) is 0 Å². The van der Waals surface area contributed by atoms with Gasteiger partial charge >= 0.3 is 30.1 Å². The van der Waals surface area contributed by atoms with E-state index in [-0.39, 0.29) is 23.8 Å². The standard InChI is InChI=1S/C19H21N5O8S.C2HF3O2/c20-19(21)23-13-6-4-12(5-7-13)18(29)32-14-3-1-2-11(8-14)10-22-33(30,31)24-15(17(27)28)9-16(25)26;3-2(4,5)1(6)7/h1-8,15,22,24H,9-10H2,(H,25,26)(H,27,28)(H4,20,21,23);(H,6,7)/t15-;/m0./s1. The number of nitrogens with two attached hydrogens (primary N) is 2. The number of nitrogens with zero attached hydrogens (tertiary/aromatic N) is 1. The number of carboxylic acid groups (broad SMARTS) is 3. The van der Waals surface area contributed by atoms with E-state index in [1.54, 1.807) is 4.72 Å². The maximum atomic E-state index is 12.3. The van der Waals surface area contributed by atoms with Crippen LogP contribution in [0.4, 0.5) is 18.9 Å². The number of rotatable bonds is 11. The lowest BCUT2D eigenvalue weighted by Gasteiger charge is -2.14. The number of carbonyl (C=O) groups excluding carboxylic acids is 1. The second kappa shape index (κ2) is 14.4. The molecule has 9 N–H and O–H groups in total. The number of esters is 1. The van der Waals surface area contributed by atoms with Crippen LogP contribution < -0.4 is 25.6 Å². The highest BCUT2D eigenvalue weighted by Gasteiger charge is 2.38. The normalized spacial score (nSPS) is 11.8. The van der Waals surface area contributed by atoms with Gasteiger partial charge in [-0.3, -0.25) is 9.59 Å². The number of halogens is 3. The summed E-state index contributed by atoms with van der Waals surface area (Å²) in [6.07, 6.45) is -6.02. The number of hydrogen-bond acceptors (Lipinski definition) is 8. The van der Waals surface area contributed by atoms with Crippen molar-refractivity contribution in [3.63, 3.8) is 0 Å². The number of carbonyl (C=O) groups is 4. The minimum Gasteiger partial charge on any atom is -0.481 e. The van der Waals surface area contributed by atoms with E-state index in [1.807, 2.05) is 0 Å². The van der Waals surface area contributed by atoms with Crippen LogP contribution >= 0.6 is 0 Å². The SMILES string of the molecule is NC(N)=Nc1ccc(C(=O)Oc2cccc(CNS(=O)(=O)N[C@@H](CC(=O)O)C(=O)O)c2)cc1.O=C(O)C(F)(F)F. The summed E-state index contributed by atoms with van der Waals surface area (Å²) < 4.78 is 65.0. The van der Waals surface area contributed by atoms with Crippen molar-refractivity contribution in [3.8, 4) is 5.75 Å². The fourth-order valence-corrected chi connectivity index (χ4v) is 3.47. The number of alkyl halides is 3. The summed E-state index contributed by atoms with van der Waals surface area (Å²) in [5, 5.41) is 24.8. The molecular formula is C21H22F3N5O10S.